The Labute approximate surface area is 105 Å². The molecule has 0 atom stereocenters. The fourth-order valence-electron chi connectivity index (χ4n) is 2.60. The maximum atomic E-state index is 3.46. The molecule has 1 aliphatic rings. The van der Waals surface area contributed by atoms with Gasteiger partial charge in [0.2, 0.25) is 0 Å². The molecule has 1 fully saturated rings. The topological polar surface area (TPSA) is 22.3 Å². The summed E-state index contributed by atoms with van der Waals surface area (Å²) >= 11 is 0. The third kappa shape index (κ3) is 3.58. The average Bonchev–Trinajstić information content (AvgIpc) is 2.60. The van der Waals surface area contributed by atoms with Gasteiger partial charge in [-0.1, -0.05) is 0 Å². The van der Waals surface area contributed by atoms with Crippen molar-refractivity contribution in [3.63, 3.8) is 0 Å². The van der Waals surface area contributed by atoms with Crippen LogP contribution >= 0.6 is 0 Å². The summed E-state index contributed by atoms with van der Waals surface area (Å²) in [5.74, 6) is 0. The third-order valence-corrected chi connectivity index (χ3v) is 3.75. The maximum absolute atomic E-state index is 3.46. The third-order valence-electron chi connectivity index (χ3n) is 3.75. The van der Waals surface area contributed by atoms with Gasteiger partial charge in [0.25, 0.3) is 0 Å². The molecule has 1 aromatic rings. The first-order valence-corrected chi connectivity index (χ1v) is 6.71. The molecular formula is C14H25N3. The number of aryl methyl sites for hydroxylation is 3. The molecular weight excluding hydrogens is 210 g/mol. The van der Waals surface area contributed by atoms with E-state index in [1.54, 1.807) is 0 Å². The molecule has 0 saturated carbocycles. The molecule has 3 nitrogen and oxygen atoms in total. The highest BCUT2D eigenvalue weighted by Crippen LogP contribution is 2.11. The molecule has 0 aromatic carbocycles. The van der Waals surface area contributed by atoms with Gasteiger partial charge in [-0.05, 0) is 51.9 Å². The molecule has 1 N–H and O–H groups in total. The number of hydrogen-bond donors (Lipinski definition) is 1. The van der Waals surface area contributed by atoms with Crippen LogP contribution in [0.25, 0.3) is 0 Å². The van der Waals surface area contributed by atoms with E-state index < -0.39 is 0 Å². The first-order valence-electron chi connectivity index (χ1n) is 6.71. The van der Waals surface area contributed by atoms with Gasteiger partial charge < -0.3 is 14.8 Å². The van der Waals surface area contributed by atoms with Crippen molar-refractivity contribution >= 4 is 0 Å². The van der Waals surface area contributed by atoms with Gasteiger partial charge in [-0.2, -0.15) is 0 Å². The summed E-state index contributed by atoms with van der Waals surface area (Å²) in [4.78, 5) is 8.46. The molecule has 96 valence electrons. The van der Waals surface area contributed by atoms with Crippen LogP contribution in [0, 0.1) is 13.8 Å². The van der Waals surface area contributed by atoms with E-state index >= 15 is 0 Å². The van der Waals surface area contributed by atoms with Gasteiger partial charge in [-0.3, -0.25) is 0 Å². The molecule has 1 aromatic heterocycles. The summed E-state index contributed by atoms with van der Waals surface area (Å²) in [6.45, 7) is 10.5. The molecule has 2 heterocycles. The average molecular weight is 235 g/mol. The standard InChI is InChI=1S/C14H25N3/c1-12-11-13(2)15-14(12)5-4-6-17-9-7-16(3)8-10-17/h11,15H,4-10H2,1-3H3. The number of hydrogen-bond acceptors (Lipinski definition) is 2. The number of aromatic nitrogens is 1. The van der Waals surface area contributed by atoms with Crippen LogP contribution in [0.15, 0.2) is 6.07 Å². The van der Waals surface area contributed by atoms with E-state index in [9.17, 15) is 0 Å². The number of aromatic amines is 1. The zero-order valence-electron chi connectivity index (χ0n) is 11.4. The quantitative estimate of drug-likeness (QED) is 0.860. The van der Waals surface area contributed by atoms with Crippen molar-refractivity contribution in [2.45, 2.75) is 26.7 Å². The minimum absolute atomic E-state index is 1.19. The predicted molar refractivity (Wildman–Crippen MR) is 72.5 cm³/mol. The molecule has 0 radical (unpaired) electrons. The first-order chi connectivity index (χ1) is 8.15. The van der Waals surface area contributed by atoms with Crippen LogP contribution in [0.4, 0.5) is 0 Å². The zero-order valence-corrected chi connectivity index (χ0v) is 11.4. The summed E-state index contributed by atoms with van der Waals surface area (Å²) in [6.07, 6.45) is 2.45. The molecule has 2 rings (SSSR count). The van der Waals surface area contributed by atoms with Crippen LogP contribution in [-0.2, 0) is 6.42 Å². The highest BCUT2D eigenvalue weighted by molar-refractivity contribution is 5.23. The van der Waals surface area contributed by atoms with Crippen LogP contribution in [0.5, 0.6) is 0 Å². The Morgan fingerprint density at radius 2 is 1.88 bits per heavy atom. The summed E-state index contributed by atoms with van der Waals surface area (Å²) in [5, 5.41) is 0. The van der Waals surface area contributed by atoms with E-state index in [0.717, 1.165) is 0 Å². The van der Waals surface area contributed by atoms with E-state index in [2.05, 4.69) is 41.7 Å². The van der Waals surface area contributed by atoms with Gasteiger partial charge in [0.05, 0.1) is 0 Å². The Kier molecular flexibility index (Phi) is 4.24. The van der Waals surface area contributed by atoms with Crippen molar-refractivity contribution < 1.29 is 0 Å². The maximum Gasteiger partial charge on any atom is 0.0179 e. The fourth-order valence-corrected chi connectivity index (χ4v) is 2.60. The second kappa shape index (κ2) is 5.69. The minimum atomic E-state index is 1.19. The number of rotatable bonds is 4. The number of nitrogens with zero attached hydrogens (tertiary/aromatic N) is 2. The Morgan fingerprint density at radius 3 is 2.47 bits per heavy atom. The van der Waals surface area contributed by atoms with Crippen LogP contribution in [-0.4, -0.2) is 54.6 Å². The van der Waals surface area contributed by atoms with E-state index in [1.165, 1.54) is 62.5 Å². The van der Waals surface area contributed by atoms with E-state index in [1.807, 2.05) is 0 Å². The number of likely N-dealkylation sites (N-methyl/N-ethyl adjacent to an activating group) is 1. The largest absolute Gasteiger partial charge is 0.362 e. The summed E-state index contributed by atoms with van der Waals surface area (Å²) in [6, 6.07) is 2.24. The van der Waals surface area contributed by atoms with E-state index in [0.29, 0.717) is 0 Å². The lowest BCUT2D eigenvalue weighted by molar-refractivity contribution is 0.153. The highest BCUT2D eigenvalue weighted by atomic mass is 15.2. The first kappa shape index (κ1) is 12.7. The second-order valence-corrected chi connectivity index (χ2v) is 5.36. The molecule has 0 bridgehead atoms. The molecule has 0 amide bonds. The summed E-state index contributed by atoms with van der Waals surface area (Å²) in [7, 11) is 2.21. The van der Waals surface area contributed by atoms with Crippen molar-refractivity contribution in [1.82, 2.24) is 14.8 Å². The minimum Gasteiger partial charge on any atom is -0.362 e. The Hall–Kier alpha value is -0.800. The second-order valence-electron chi connectivity index (χ2n) is 5.36. The molecule has 0 aliphatic carbocycles. The van der Waals surface area contributed by atoms with Gasteiger partial charge in [0.15, 0.2) is 0 Å². The monoisotopic (exact) mass is 235 g/mol. The van der Waals surface area contributed by atoms with E-state index in [4.69, 9.17) is 0 Å². The Morgan fingerprint density at radius 1 is 1.18 bits per heavy atom. The summed E-state index contributed by atoms with van der Waals surface area (Å²) < 4.78 is 0. The van der Waals surface area contributed by atoms with Crippen molar-refractivity contribution in [1.29, 1.82) is 0 Å². The summed E-state index contributed by atoms with van der Waals surface area (Å²) in [5.41, 5.74) is 4.13. The normalized spacial score (nSPS) is 18.8. The van der Waals surface area contributed by atoms with Crippen molar-refractivity contribution in [3.8, 4) is 0 Å². The number of nitrogens with one attached hydrogen (secondary N) is 1. The number of H-pyrrole nitrogens is 1. The number of piperazine rings is 1. The van der Waals surface area contributed by atoms with Crippen LogP contribution in [0.2, 0.25) is 0 Å². The molecule has 17 heavy (non-hydrogen) atoms. The van der Waals surface area contributed by atoms with Gasteiger partial charge in [0.1, 0.15) is 0 Å². The Balaban J connectivity index is 1.71. The molecule has 3 heteroatoms. The predicted octanol–water partition coefficient (Wildman–Crippen LogP) is 1.81. The lowest BCUT2D eigenvalue weighted by Gasteiger charge is -2.32. The van der Waals surface area contributed by atoms with Gasteiger partial charge in [-0.15, -0.1) is 0 Å². The lowest BCUT2D eigenvalue weighted by Crippen LogP contribution is -2.44. The fraction of sp³-hybridized carbons (Fsp3) is 0.714. The van der Waals surface area contributed by atoms with Crippen LogP contribution in [0.1, 0.15) is 23.4 Å². The van der Waals surface area contributed by atoms with Crippen LogP contribution < -0.4 is 0 Å². The SMILES string of the molecule is Cc1cc(C)c(CCCN2CCN(C)CC2)[nH]1. The van der Waals surface area contributed by atoms with Gasteiger partial charge >= 0.3 is 0 Å². The lowest BCUT2D eigenvalue weighted by atomic mass is 10.1. The zero-order chi connectivity index (χ0) is 12.3. The van der Waals surface area contributed by atoms with Gasteiger partial charge in [0, 0.05) is 37.6 Å². The highest BCUT2D eigenvalue weighted by Gasteiger charge is 2.13. The molecule has 0 unspecified atom stereocenters. The molecule has 1 saturated heterocycles. The van der Waals surface area contributed by atoms with Crippen molar-refractivity contribution in [3.05, 3.63) is 23.0 Å². The van der Waals surface area contributed by atoms with E-state index in [-0.39, 0.29) is 0 Å². The molecule has 0 spiro atoms. The van der Waals surface area contributed by atoms with Crippen molar-refractivity contribution in [2.24, 2.45) is 0 Å². The van der Waals surface area contributed by atoms with Gasteiger partial charge in [-0.25, -0.2) is 0 Å². The Bertz CT molecular complexity index is 348. The van der Waals surface area contributed by atoms with Crippen molar-refractivity contribution in [2.75, 3.05) is 39.8 Å². The molecule has 1 aliphatic heterocycles. The smallest absolute Gasteiger partial charge is 0.0179 e. The van der Waals surface area contributed by atoms with Crippen LogP contribution in [0.3, 0.4) is 0 Å².